The molecule has 19 heavy (non-hydrogen) atoms. The normalized spacial score (nSPS) is 10.2. The molecule has 0 atom stereocenters. The predicted molar refractivity (Wildman–Crippen MR) is 74.9 cm³/mol. The van der Waals surface area contributed by atoms with Crippen LogP contribution in [-0.2, 0) is 13.6 Å². The summed E-state index contributed by atoms with van der Waals surface area (Å²) >= 11 is 0. The molecule has 4 N–H and O–H groups in total. The number of rotatable bonds is 4. The average molecular weight is 259 g/mol. The minimum Gasteiger partial charge on any atom is -0.381 e. The van der Waals surface area contributed by atoms with Crippen molar-refractivity contribution in [1.29, 1.82) is 0 Å². The molecule has 0 unspecified atom stereocenters. The Balaban J connectivity index is 1.96. The first-order chi connectivity index (χ1) is 9.04. The van der Waals surface area contributed by atoms with Gasteiger partial charge in [-0.15, -0.1) is 0 Å². The Kier molecular flexibility index (Phi) is 3.70. The number of nitrogens with two attached hydrogens (primary N) is 1. The highest BCUT2D eigenvalue weighted by molar-refractivity contribution is 5.87. The zero-order valence-electron chi connectivity index (χ0n) is 11.0. The van der Waals surface area contributed by atoms with Gasteiger partial charge >= 0.3 is 6.03 Å². The SMILES string of the molecule is Cc1nn(C)cc1CNc1ccc(NC(N)=O)cc1. The van der Waals surface area contributed by atoms with Gasteiger partial charge in [0.1, 0.15) is 0 Å². The summed E-state index contributed by atoms with van der Waals surface area (Å²) in [7, 11) is 1.90. The summed E-state index contributed by atoms with van der Waals surface area (Å²) in [6.45, 7) is 2.69. The van der Waals surface area contributed by atoms with Crippen LogP contribution in [0.5, 0.6) is 0 Å². The van der Waals surface area contributed by atoms with E-state index in [9.17, 15) is 4.79 Å². The monoisotopic (exact) mass is 259 g/mol. The molecule has 0 aliphatic carbocycles. The van der Waals surface area contributed by atoms with Crippen LogP contribution in [0.4, 0.5) is 16.2 Å². The molecular weight excluding hydrogens is 242 g/mol. The lowest BCUT2D eigenvalue weighted by molar-refractivity contribution is 0.259. The van der Waals surface area contributed by atoms with Crippen LogP contribution in [0.1, 0.15) is 11.3 Å². The Hall–Kier alpha value is -2.50. The Bertz CT molecular complexity index is 573. The minimum absolute atomic E-state index is 0.563. The van der Waals surface area contributed by atoms with E-state index in [0.717, 1.165) is 16.9 Å². The maximum atomic E-state index is 10.7. The maximum Gasteiger partial charge on any atom is 0.316 e. The predicted octanol–water partition coefficient (Wildman–Crippen LogP) is 1.83. The number of benzene rings is 1. The van der Waals surface area contributed by atoms with Gasteiger partial charge in [0.25, 0.3) is 0 Å². The van der Waals surface area contributed by atoms with Gasteiger partial charge in [-0.05, 0) is 31.2 Å². The molecule has 2 aromatic rings. The number of primary amides is 1. The van der Waals surface area contributed by atoms with Gasteiger partial charge in [0.15, 0.2) is 0 Å². The number of hydrogen-bond acceptors (Lipinski definition) is 3. The van der Waals surface area contributed by atoms with E-state index in [0.29, 0.717) is 12.2 Å². The molecule has 0 spiro atoms. The highest BCUT2D eigenvalue weighted by Crippen LogP contribution is 2.15. The maximum absolute atomic E-state index is 10.7. The molecule has 1 aromatic carbocycles. The summed E-state index contributed by atoms with van der Waals surface area (Å²) < 4.78 is 1.80. The second kappa shape index (κ2) is 5.43. The molecule has 0 saturated carbocycles. The van der Waals surface area contributed by atoms with E-state index in [1.54, 1.807) is 16.8 Å². The molecular formula is C13H17N5O. The van der Waals surface area contributed by atoms with Crippen molar-refractivity contribution in [3.8, 4) is 0 Å². The molecule has 6 nitrogen and oxygen atoms in total. The summed E-state index contributed by atoms with van der Waals surface area (Å²) in [6.07, 6.45) is 1.99. The second-order valence-corrected chi connectivity index (χ2v) is 4.33. The van der Waals surface area contributed by atoms with E-state index in [-0.39, 0.29) is 0 Å². The van der Waals surface area contributed by atoms with Gasteiger partial charge in [-0.1, -0.05) is 0 Å². The first kappa shape index (κ1) is 12.9. The quantitative estimate of drug-likeness (QED) is 0.783. The number of hydrogen-bond donors (Lipinski definition) is 3. The number of nitrogens with one attached hydrogen (secondary N) is 2. The van der Waals surface area contributed by atoms with Gasteiger partial charge in [0.05, 0.1) is 5.69 Å². The third-order valence-electron chi connectivity index (χ3n) is 2.75. The summed E-state index contributed by atoms with van der Waals surface area (Å²) in [5.41, 5.74) is 8.86. The third-order valence-corrected chi connectivity index (χ3v) is 2.75. The zero-order valence-corrected chi connectivity index (χ0v) is 11.0. The highest BCUT2D eigenvalue weighted by Gasteiger charge is 2.02. The van der Waals surface area contributed by atoms with Gasteiger partial charge in [0, 0.05) is 36.7 Å². The van der Waals surface area contributed by atoms with Crippen LogP contribution in [0.15, 0.2) is 30.5 Å². The molecule has 2 rings (SSSR count). The van der Waals surface area contributed by atoms with Crippen LogP contribution < -0.4 is 16.4 Å². The van der Waals surface area contributed by atoms with Crippen molar-refractivity contribution >= 4 is 17.4 Å². The molecule has 6 heteroatoms. The number of carbonyl (C=O) groups excluding carboxylic acids is 1. The zero-order chi connectivity index (χ0) is 13.8. The number of urea groups is 1. The number of nitrogens with zero attached hydrogens (tertiary/aromatic N) is 2. The number of amides is 2. The van der Waals surface area contributed by atoms with Crippen LogP contribution in [0.2, 0.25) is 0 Å². The highest BCUT2D eigenvalue weighted by atomic mass is 16.2. The third kappa shape index (κ3) is 3.48. The molecule has 1 heterocycles. The van der Waals surface area contributed by atoms with E-state index in [1.165, 1.54) is 0 Å². The van der Waals surface area contributed by atoms with Crippen LogP contribution in [0.3, 0.4) is 0 Å². The first-order valence-electron chi connectivity index (χ1n) is 5.94. The number of aromatic nitrogens is 2. The van der Waals surface area contributed by atoms with Crippen molar-refractivity contribution < 1.29 is 4.79 Å². The first-order valence-corrected chi connectivity index (χ1v) is 5.94. The van der Waals surface area contributed by atoms with Crippen molar-refractivity contribution in [3.63, 3.8) is 0 Å². The Morgan fingerprint density at radius 3 is 2.47 bits per heavy atom. The number of carbonyl (C=O) groups is 1. The fraction of sp³-hybridized carbons (Fsp3) is 0.231. The van der Waals surface area contributed by atoms with Crippen molar-refractivity contribution in [2.24, 2.45) is 12.8 Å². The van der Waals surface area contributed by atoms with Crippen LogP contribution >= 0.6 is 0 Å². The number of aryl methyl sites for hydroxylation is 2. The molecule has 1 aromatic heterocycles. The summed E-state index contributed by atoms with van der Waals surface area (Å²) in [5, 5.41) is 10.1. The lowest BCUT2D eigenvalue weighted by Crippen LogP contribution is -2.19. The van der Waals surface area contributed by atoms with E-state index in [2.05, 4.69) is 15.7 Å². The van der Waals surface area contributed by atoms with Crippen molar-refractivity contribution in [2.45, 2.75) is 13.5 Å². The summed E-state index contributed by atoms with van der Waals surface area (Å²) in [5.74, 6) is 0. The Morgan fingerprint density at radius 2 is 1.95 bits per heavy atom. The van der Waals surface area contributed by atoms with E-state index in [4.69, 9.17) is 5.73 Å². The van der Waals surface area contributed by atoms with Gasteiger partial charge in [-0.3, -0.25) is 4.68 Å². The summed E-state index contributed by atoms with van der Waals surface area (Å²) in [6, 6.07) is 6.80. The Morgan fingerprint density at radius 1 is 1.32 bits per heavy atom. The molecule has 0 aliphatic heterocycles. The molecule has 0 radical (unpaired) electrons. The molecule has 100 valence electrons. The van der Waals surface area contributed by atoms with Crippen molar-refractivity contribution in [2.75, 3.05) is 10.6 Å². The van der Waals surface area contributed by atoms with Crippen LogP contribution in [0.25, 0.3) is 0 Å². The summed E-state index contributed by atoms with van der Waals surface area (Å²) in [4.78, 5) is 10.7. The fourth-order valence-corrected chi connectivity index (χ4v) is 1.83. The van der Waals surface area contributed by atoms with Crippen LogP contribution in [0, 0.1) is 6.92 Å². The molecule has 0 bridgehead atoms. The average Bonchev–Trinajstić information content (AvgIpc) is 2.66. The van der Waals surface area contributed by atoms with Gasteiger partial charge < -0.3 is 16.4 Å². The van der Waals surface area contributed by atoms with E-state index in [1.807, 2.05) is 32.3 Å². The van der Waals surface area contributed by atoms with Gasteiger partial charge in [0.2, 0.25) is 0 Å². The lowest BCUT2D eigenvalue weighted by atomic mass is 10.2. The van der Waals surface area contributed by atoms with E-state index < -0.39 is 6.03 Å². The van der Waals surface area contributed by atoms with Gasteiger partial charge in [-0.2, -0.15) is 5.10 Å². The lowest BCUT2D eigenvalue weighted by Gasteiger charge is -2.07. The molecule has 2 amide bonds. The Labute approximate surface area is 111 Å². The molecule has 0 saturated heterocycles. The minimum atomic E-state index is -0.563. The van der Waals surface area contributed by atoms with Crippen molar-refractivity contribution in [1.82, 2.24) is 9.78 Å². The smallest absolute Gasteiger partial charge is 0.316 e. The largest absolute Gasteiger partial charge is 0.381 e. The van der Waals surface area contributed by atoms with Gasteiger partial charge in [-0.25, -0.2) is 4.79 Å². The second-order valence-electron chi connectivity index (χ2n) is 4.33. The molecule has 0 fully saturated rings. The molecule has 0 aliphatic rings. The number of anilines is 2. The topological polar surface area (TPSA) is 85.0 Å². The van der Waals surface area contributed by atoms with E-state index >= 15 is 0 Å². The van der Waals surface area contributed by atoms with Crippen LogP contribution in [-0.4, -0.2) is 15.8 Å². The fourth-order valence-electron chi connectivity index (χ4n) is 1.83. The standard InChI is InChI=1S/C13H17N5O/c1-9-10(8-18(2)17-9)7-15-11-3-5-12(6-4-11)16-13(14)19/h3-6,8,15H,7H2,1-2H3,(H3,14,16,19). The van der Waals surface area contributed by atoms with Crippen molar-refractivity contribution in [3.05, 3.63) is 41.7 Å².